The Morgan fingerprint density at radius 2 is 1.86 bits per heavy atom. The van der Waals surface area contributed by atoms with Gasteiger partial charge in [-0.1, -0.05) is 56.3 Å². The summed E-state index contributed by atoms with van der Waals surface area (Å²) in [6.07, 6.45) is 2.68. The molecule has 3 aromatic rings. The van der Waals surface area contributed by atoms with Crippen molar-refractivity contribution in [3.63, 3.8) is 0 Å². The number of fused-ring (bicyclic) bond motifs is 1. The van der Waals surface area contributed by atoms with E-state index in [0.717, 1.165) is 22.8 Å². The summed E-state index contributed by atoms with van der Waals surface area (Å²) >= 11 is 0. The number of amides is 1. The van der Waals surface area contributed by atoms with Gasteiger partial charge in [-0.05, 0) is 46.9 Å². The summed E-state index contributed by atoms with van der Waals surface area (Å²) in [7, 11) is 1.61. The molecule has 0 saturated carbocycles. The van der Waals surface area contributed by atoms with Gasteiger partial charge in [-0.2, -0.15) is 5.10 Å². The SMILES string of the molecule is CCC(C)c1ccc(OCC(=O)N/N=C/c2c(OC)ccc3ccccc23)cc1. The van der Waals surface area contributed by atoms with Gasteiger partial charge in [0.15, 0.2) is 6.61 Å². The minimum atomic E-state index is -0.327. The number of hydrogen-bond acceptors (Lipinski definition) is 4. The van der Waals surface area contributed by atoms with Crippen LogP contribution < -0.4 is 14.9 Å². The maximum atomic E-state index is 12.1. The fraction of sp³-hybridized carbons (Fsp3) is 0.250. The zero-order valence-corrected chi connectivity index (χ0v) is 17.0. The van der Waals surface area contributed by atoms with Crippen LogP contribution in [0.2, 0.25) is 0 Å². The Hall–Kier alpha value is -3.34. The number of hydrazone groups is 1. The maximum absolute atomic E-state index is 12.1. The van der Waals surface area contributed by atoms with E-state index < -0.39 is 0 Å². The first kappa shape index (κ1) is 20.4. The number of carbonyl (C=O) groups is 1. The lowest BCUT2D eigenvalue weighted by atomic mass is 9.99. The van der Waals surface area contributed by atoms with Crippen LogP contribution in [0.5, 0.6) is 11.5 Å². The third kappa shape index (κ3) is 5.13. The van der Waals surface area contributed by atoms with Crippen molar-refractivity contribution >= 4 is 22.9 Å². The fourth-order valence-electron chi connectivity index (χ4n) is 3.07. The van der Waals surface area contributed by atoms with Gasteiger partial charge in [0.2, 0.25) is 0 Å². The van der Waals surface area contributed by atoms with Crippen LogP contribution in [0.1, 0.15) is 37.3 Å². The molecule has 0 heterocycles. The monoisotopic (exact) mass is 390 g/mol. The van der Waals surface area contributed by atoms with Crippen LogP contribution in [0.25, 0.3) is 10.8 Å². The molecule has 0 fully saturated rings. The molecule has 0 aliphatic heterocycles. The van der Waals surface area contributed by atoms with E-state index in [2.05, 4.69) is 24.4 Å². The van der Waals surface area contributed by atoms with Gasteiger partial charge in [-0.25, -0.2) is 5.43 Å². The molecule has 1 unspecified atom stereocenters. The van der Waals surface area contributed by atoms with E-state index in [1.54, 1.807) is 13.3 Å². The highest BCUT2D eigenvalue weighted by molar-refractivity contribution is 6.02. The summed E-state index contributed by atoms with van der Waals surface area (Å²) in [5.74, 6) is 1.53. The second-order valence-corrected chi connectivity index (χ2v) is 6.86. The molecule has 0 spiro atoms. The van der Waals surface area contributed by atoms with Crippen molar-refractivity contribution in [2.75, 3.05) is 13.7 Å². The molecule has 3 aromatic carbocycles. The lowest BCUT2D eigenvalue weighted by Crippen LogP contribution is -2.24. The van der Waals surface area contributed by atoms with Crippen molar-refractivity contribution in [1.82, 2.24) is 5.43 Å². The Morgan fingerprint density at radius 1 is 1.10 bits per heavy atom. The Balaban J connectivity index is 1.60. The Bertz CT molecular complexity index is 997. The van der Waals surface area contributed by atoms with Crippen molar-refractivity contribution in [2.45, 2.75) is 26.2 Å². The second-order valence-electron chi connectivity index (χ2n) is 6.86. The van der Waals surface area contributed by atoms with E-state index in [-0.39, 0.29) is 12.5 Å². The molecule has 1 amide bonds. The molecule has 29 heavy (non-hydrogen) atoms. The van der Waals surface area contributed by atoms with Crippen molar-refractivity contribution in [2.24, 2.45) is 5.10 Å². The quantitative estimate of drug-likeness (QED) is 0.440. The number of nitrogens with zero attached hydrogens (tertiary/aromatic N) is 1. The molecule has 0 aromatic heterocycles. The number of ether oxygens (including phenoxy) is 2. The molecule has 0 saturated heterocycles. The molecular formula is C24H26N2O3. The number of methoxy groups -OCH3 is 1. The molecule has 1 atom stereocenters. The summed E-state index contributed by atoms with van der Waals surface area (Å²) in [5.41, 5.74) is 4.58. The first-order valence-electron chi connectivity index (χ1n) is 9.72. The first-order chi connectivity index (χ1) is 14.1. The zero-order valence-electron chi connectivity index (χ0n) is 17.0. The van der Waals surface area contributed by atoms with Gasteiger partial charge in [0.25, 0.3) is 5.91 Å². The summed E-state index contributed by atoms with van der Waals surface area (Å²) < 4.78 is 11.0. The third-order valence-electron chi connectivity index (χ3n) is 4.96. The minimum absolute atomic E-state index is 0.104. The lowest BCUT2D eigenvalue weighted by Gasteiger charge is -2.10. The van der Waals surface area contributed by atoms with E-state index in [0.29, 0.717) is 17.4 Å². The number of rotatable bonds is 8. The van der Waals surface area contributed by atoms with Crippen molar-refractivity contribution in [3.8, 4) is 11.5 Å². The summed E-state index contributed by atoms with van der Waals surface area (Å²) in [6, 6.07) is 19.7. The number of nitrogens with one attached hydrogen (secondary N) is 1. The molecule has 5 nitrogen and oxygen atoms in total. The van der Waals surface area contributed by atoms with Crippen molar-refractivity contribution in [1.29, 1.82) is 0 Å². The predicted molar refractivity (Wildman–Crippen MR) is 117 cm³/mol. The smallest absolute Gasteiger partial charge is 0.277 e. The molecule has 0 bridgehead atoms. The summed E-state index contributed by atoms with van der Waals surface area (Å²) in [6.45, 7) is 4.24. The minimum Gasteiger partial charge on any atom is -0.496 e. The van der Waals surface area contributed by atoms with Crippen LogP contribution in [-0.2, 0) is 4.79 Å². The average Bonchev–Trinajstić information content (AvgIpc) is 2.77. The normalized spacial score (nSPS) is 12.1. The second kappa shape index (κ2) is 9.73. The molecule has 0 aliphatic rings. The molecule has 0 radical (unpaired) electrons. The van der Waals surface area contributed by atoms with E-state index >= 15 is 0 Å². The van der Waals surface area contributed by atoms with E-state index in [1.807, 2.05) is 60.7 Å². The molecule has 5 heteroatoms. The number of hydrogen-bond donors (Lipinski definition) is 1. The highest BCUT2D eigenvalue weighted by Gasteiger charge is 2.07. The Labute approximate surface area is 171 Å². The maximum Gasteiger partial charge on any atom is 0.277 e. The zero-order chi connectivity index (χ0) is 20.6. The van der Waals surface area contributed by atoms with Crippen molar-refractivity contribution < 1.29 is 14.3 Å². The van der Waals surface area contributed by atoms with Gasteiger partial charge < -0.3 is 9.47 Å². The third-order valence-corrected chi connectivity index (χ3v) is 4.96. The van der Waals surface area contributed by atoms with Gasteiger partial charge in [0.05, 0.1) is 13.3 Å². The van der Waals surface area contributed by atoms with Crippen LogP contribution >= 0.6 is 0 Å². The molecule has 150 valence electrons. The topological polar surface area (TPSA) is 59.9 Å². The van der Waals surface area contributed by atoms with Crippen LogP contribution in [0.3, 0.4) is 0 Å². The standard InChI is InChI=1S/C24H26N2O3/c1-4-17(2)18-9-12-20(13-10-18)29-16-24(27)26-25-15-22-21-8-6-5-7-19(21)11-14-23(22)28-3/h5-15,17H,4,16H2,1-3H3,(H,26,27)/b25-15+. The van der Waals surface area contributed by atoms with Gasteiger partial charge in [-0.3, -0.25) is 4.79 Å². The lowest BCUT2D eigenvalue weighted by molar-refractivity contribution is -0.123. The molecule has 1 N–H and O–H groups in total. The van der Waals surface area contributed by atoms with E-state index in [1.165, 1.54) is 5.56 Å². The average molecular weight is 390 g/mol. The van der Waals surface area contributed by atoms with Crippen LogP contribution in [0.4, 0.5) is 0 Å². The van der Waals surface area contributed by atoms with Crippen molar-refractivity contribution in [3.05, 3.63) is 71.8 Å². The van der Waals surface area contributed by atoms with Crippen LogP contribution in [-0.4, -0.2) is 25.8 Å². The Kier molecular flexibility index (Phi) is 6.85. The van der Waals surface area contributed by atoms with Gasteiger partial charge in [0.1, 0.15) is 11.5 Å². The summed E-state index contributed by atoms with van der Waals surface area (Å²) in [5, 5.41) is 6.15. The van der Waals surface area contributed by atoms with E-state index in [9.17, 15) is 4.79 Å². The summed E-state index contributed by atoms with van der Waals surface area (Å²) in [4.78, 5) is 12.1. The largest absolute Gasteiger partial charge is 0.496 e. The molecular weight excluding hydrogens is 364 g/mol. The van der Waals surface area contributed by atoms with E-state index in [4.69, 9.17) is 9.47 Å². The highest BCUT2D eigenvalue weighted by atomic mass is 16.5. The molecule has 0 aliphatic carbocycles. The van der Waals surface area contributed by atoms with Crippen LogP contribution in [0.15, 0.2) is 65.8 Å². The fourth-order valence-corrected chi connectivity index (χ4v) is 3.07. The van der Waals surface area contributed by atoms with Gasteiger partial charge in [-0.15, -0.1) is 0 Å². The van der Waals surface area contributed by atoms with Gasteiger partial charge >= 0.3 is 0 Å². The highest BCUT2D eigenvalue weighted by Crippen LogP contribution is 2.26. The number of carbonyl (C=O) groups excluding carboxylic acids is 1. The Morgan fingerprint density at radius 3 is 2.59 bits per heavy atom. The first-order valence-corrected chi connectivity index (χ1v) is 9.72. The van der Waals surface area contributed by atoms with Crippen LogP contribution in [0, 0.1) is 0 Å². The predicted octanol–water partition coefficient (Wildman–Crippen LogP) is 4.89. The molecule has 3 rings (SSSR count). The number of benzene rings is 3. The van der Waals surface area contributed by atoms with Gasteiger partial charge in [0, 0.05) is 5.56 Å².